The summed E-state index contributed by atoms with van der Waals surface area (Å²) in [5.41, 5.74) is 4.54. The molecule has 0 bridgehead atoms. The number of hydrogen-bond donors (Lipinski definition) is 1. The Kier molecular flexibility index (Phi) is 6.12. The minimum Gasteiger partial charge on any atom is -0.301 e. The number of nitrogens with one attached hydrogen (secondary N) is 1. The molecule has 29 heavy (non-hydrogen) atoms. The van der Waals surface area contributed by atoms with Crippen LogP contribution in [0.2, 0.25) is 0 Å². The number of H-pyrrole nitrogens is 1. The maximum atomic E-state index is 12.9. The number of aromatic nitrogens is 4. The third-order valence-corrected chi connectivity index (χ3v) is 5.45. The molecule has 2 aromatic heterocycles. The van der Waals surface area contributed by atoms with Gasteiger partial charge >= 0.3 is 0 Å². The van der Waals surface area contributed by atoms with Crippen LogP contribution in [0.1, 0.15) is 27.9 Å². The van der Waals surface area contributed by atoms with E-state index in [2.05, 4.69) is 39.2 Å². The summed E-state index contributed by atoms with van der Waals surface area (Å²) in [6.07, 6.45) is 6.01. The minimum atomic E-state index is -0.106. The van der Waals surface area contributed by atoms with Gasteiger partial charge in [-0.1, -0.05) is 72.4 Å². The Hall–Kier alpha value is -3.25. The molecular formula is C23H20N4OS. The zero-order valence-corrected chi connectivity index (χ0v) is 16.6. The van der Waals surface area contributed by atoms with E-state index in [0.717, 1.165) is 22.6 Å². The van der Waals surface area contributed by atoms with E-state index in [-0.39, 0.29) is 5.56 Å². The Balaban J connectivity index is 1.65. The molecule has 2 aromatic carbocycles. The van der Waals surface area contributed by atoms with Crippen LogP contribution in [0.15, 0.2) is 89.3 Å². The number of thioether (sulfide) groups is 1. The van der Waals surface area contributed by atoms with E-state index in [1.165, 1.54) is 23.7 Å². The van der Waals surface area contributed by atoms with Gasteiger partial charge in [0.15, 0.2) is 5.16 Å². The predicted molar refractivity (Wildman–Crippen MR) is 115 cm³/mol. The fraction of sp³-hybridized carbons (Fsp3) is 0.130. The first-order chi connectivity index (χ1) is 14.3. The Morgan fingerprint density at radius 1 is 0.793 bits per heavy atom. The highest BCUT2D eigenvalue weighted by Crippen LogP contribution is 2.21. The summed E-state index contributed by atoms with van der Waals surface area (Å²) in [4.78, 5) is 28.8. The van der Waals surface area contributed by atoms with E-state index in [4.69, 9.17) is 4.98 Å². The van der Waals surface area contributed by atoms with E-state index in [1.54, 1.807) is 12.4 Å². The van der Waals surface area contributed by atoms with Crippen LogP contribution in [-0.2, 0) is 18.6 Å². The lowest BCUT2D eigenvalue weighted by molar-refractivity contribution is 0.839. The summed E-state index contributed by atoms with van der Waals surface area (Å²) in [6, 6.07) is 20.2. The van der Waals surface area contributed by atoms with E-state index >= 15 is 0 Å². The average molecular weight is 401 g/mol. The normalized spacial score (nSPS) is 10.8. The predicted octanol–water partition coefficient (Wildman–Crippen LogP) is 4.03. The summed E-state index contributed by atoms with van der Waals surface area (Å²) < 4.78 is 0. The number of rotatable bonds is 7. The molecule has 144 valence electrons. The lowest BCUT2D eigenvalue weighted by Crippen LogP contribution is -2.19. The molecule has 5 nitrogen and oxygen atoms in total. The van der Waals surface area contributed by atoms with E-state index in [1.807, 2.05) is 36.4 Å². The second-order valence-corrected chi connectivity index (χ2v) is 7.62. The van der Waals surface area contributed by atoms with Crippen molar-refractivity contribution in [3.63, 3.8) is 0 Å². The molecular weight excluding hydrogens is 380 g/mol. The lowest BCUT2D eigenvalue weighted by atomic mass is 10.0. The molecule has 0 saturated carbocycles. The van der Waals surface area contributed by atoms with Crippen LogP contribution < -0.4 is 5.56 Å². The van der Waals surface area contributed by atoms with Gasteiger partial charge in [-0.15, -0.1) is 0 Å². The van der Waals surface area contributed by atoms with Crippen molar-refractivity contribution in [2.75, 3.05) is 0 Å². The van der Waals surface area contributed by atoms with Crippen LogP contribution in [0.4, 0.5) is 0 Å². The minimum absolute atomic E-state index is 0.106. The summed E-state index contributed by atoms with van der Waals surface area (Å²) in [5.74, 6) is 0.750. The molecule has 0 aliphatic rings. The van der Waals surface area contributed by atoms with Gasteiger partial charge in [0, 0.05) is 36.6 Å². The fourth-order valence-electron chi connectivity index (χ4n) is 3.06. The van der Waals surface area contributed by atoms with Gasteiger partial charge < -0.3 is 4.98 Å². The van der Waals surface area contributed by atoms with Crippen molar-refractivity contribution in [2.45, 2.75) is 23.8 Å². The highest BCUT2D eigenvalue weighted by molar-refractivity contribution is 7.98. The van der Waals surface area contributed by atoms with Gasteiger partial charge in [0.25, 0.3) is 5.56 Å². The first-order valence-electron chi connectivity index (χ1n) is 9.34. The van der Waals surface area contributed by atoms with Crippen LogP contribution in [0.3, 0.4) is 0 Å². The molecule has 1 N–H and O–H groups in total. The van der Waals surface area contributed by atoms with Crippen LogP contribution >= 0.6 is 11.8 Å². The molecule has 4 rings (SSSR count). The summed E-state index contributed by atoms with van der Waals surface area (Å²) >= 11 is 1.54. The maximum absolute atomic E-state index is 12.9. The second kappa shape index (κ2) is 9.30. The number of nitrogens with zero attached hydrogens (tertiary/aromatic N) is 3. The van der Waals surface area contributed by atoms with E-state index < -0.39 is 0 Å². The first kappa shape index (κ1) is 19.1. The Bertz CT molecular complexity index is 1120. The van der Waals surface area contributed by atoms with E-state index in [9.17, 15) is 4.79 Å². The Morgan fingerprint density at radius 2 is 1.45 bits per heavy atom. The van der Waals surface area contributed by atoms with Crippen LogP contribution in [0.25, 0.3) is 0 Å². The molecule has 0 fully saturated rings. The first-order valence-corrected chi connectivity index (χ1v) is 10.3. The molecule has 0 aliphatic carbocycles. The zero-order valence-electron chi connectivity index (χ0n) is 15.8. The number of aromatic amines is 1. The molecule has 0 saturated heterocycles. The third kappa shape index (κ3) is 5.18. The topological polar surface area (TPSA) is 71.5 Å². The average Bonchev–Trinajstić information content (AvgIpc) is 2.77. The van der Waals surface area contributed by atoms with Gasteiger partial charge in [-0.25, -0.2) is 15.0 Å². The lowest BCUT2D eigenvalue weighted by Gasteiger charge is -2.11. The van der Waals surface area contributed by atoms with Gasteiger partial charge in [-0.3, -0.25) is 4.79 Å². The summed E-state index contributed by atoms with van der Waals surface area (Å²) in [6.45, 7) is 0. The monoisotopic (exact) mass is 400 g/mol. The molecule has 0 amide bonds. The largest absolute Gasteiger partial charge is 0.301 e. The van der Waals surface area contributed by atoms with Crippen molar-refractivity contribution in [1.82, 2.24) is 19.9 Å². The Morgan fingerprint density at radius 3 is 2.14 bits per heavy atom. The van der Waals surface area contributed by atoms with Gasteiger partial charge in [-0.2, -0.15) is 0 Å². The van der Waals surface area contributed by atoms with Crippen molar-refractivity contribution >= 4 is 11.8 Å². The van der Waals surface area contributed by atoms with Gasteiger partial charge in [-0.05, 0) is 16.7 Å². The van der Waals surface area contributed by atoms with Crippen LogP contribution in [0.5, 0.6) is 0 Å². The third-order valence-electron chi connectivity index (χ3n) is 4.51. The van der Waals surface area contributed by atoms with Gasteiger partial charge in [0.1, 0.15) is 6.33 Å². The molecule has 4 aromatic rings. The van der Waals surface area contributed by atoms with Crippen molar-refractivity contribution < 1.29 is 0 Å². The summed E-state index contributed by atoms with van der Waals surface area (Å²) in [7, 11) is 0. The summed E-state index contributed by atoms with van der Waals surface area (Å²) in [5, 5.41) is 0.637. The molecule has 0 radical (unpaired) electrons. The van der Waals surface area contributed by atoms with Crippen LogP contribution in [-0.4, -0.2) is 19.9 Å². The van der Waals surface area contributed by atoms with Gasteiger partial charge in [0.05, 0.1) is 5.69 Å². The highest BCUT2D eigenvalue weighted by atomic mass is 32.2. The molecule has 0 unspecified atom stereocenters. The quantitative estimate of drug-likeness (QED) is 0.375. The van der Waals surface area contributed by atoms with Crippen molar-refractivity contribution in [3.8, 4) is 0 Å². The van der Waals surface area contributed by atoms with Crippen molar-refractivity contribution in [2.24, 2.45) is 0 Å². The molecule has 2 heterocycles. The SMILES string of the molecule is O=c1[nH]c(SCc2ccccc2)nc(Cc2ccccc2)c1Cc1cncnc1. The van der Waals surface area contributed by atoms with Gasteiger partial charge in [0.2, 0.25) is 0 Å². The second-order valence-electron chi connectivity index (χ2n) is 6.66. The Labute approximate surface area is 173 Å². The van der Waals surface area contributed by atoms with Crippen LogP contribution in [0, 0.1) is 0 Å². The van der Waals surface area contributed by atoms with Crippen molar-refractivity contribution in [3.05, 3.63) is 118 Å². The number of hydrogen-bond acceptors (Lipinski definition) is 5. The maximum Gasteiger partial charge on any atom is 0.255 e. The number of benzene rings is 2. The molecule has 0 spiro atoms. The molecule has 0 atom stereocenters. The highest BCUT2D eigenvalue weighted by Gasteiger charge is 2.14. The fourth-order valence-corrected chi connectivity index (χ4v) is 3.89. The molecule has 6 heteroatoms. The zero-order chi connectivity index (χ0) is 19.9. The standard InChI is InChI=1S/C23H20N4OS/c28-22-20(11-19-13-24-16-25-14-19)21(12-17-7-3-1-4-8-17)26-23(27-22)29-15-18-9-5-2-6-10-18/h1-10,13-14,16H,11-12,15H2,(H,26,27,28). The smallest absolute Gasteiger partial charge is 0.255 e. The van der Waals surface area contributed by atoms with E-state index in [0.29, 0.717) is 23.6 Å². The molecule has 0 aliphatic heterocycles. The van der Waals surface area contributed by atoms with Crippen molar-refractivity contribution in [1.29, 1.82) is 0 Å².